The number of carbonyl (C=O) groups excluding carboxylic acids is 2. The minimum Gasteiger partial charge on any atom is -0.325 e. The highest BCUT2D eigenvalue weighted by Crippen LogP contribution is 2.32. The zero-order valence-corrected chi connectivity index (χ0v) is 16.9. The molecule has 3 aromatic rings. The molecule has 1 atom stereocenters. The van der Waals surface area contributed by atoms with Crippen LogP contribution in [0.5, 0.6) is 0 Å². The van der Waals surface area contributed by atoms with Gasteiger partial charge in [0.2, 0.25) is 11.8 Å². The van der Waals surface area contributed by atoms with Crippen LogP contribution in [0.1, 0.15) is 31.4 Å². The summed E-state index contributed by atoms with van der Waals surface area (Å²) in [5.41, 5.74) is 4.06. The van der Waals surface area contributed by atoms with E-state index >= 15 is 0 Å². The van der Waals surface area contributed by atoms with E-state index in [4.69, 9.17) is 0 Å². The van der Waals surface area contributed by atoms with Crippen molar-refractivity contribution in [1.29, 1.82) is 0 Å². The number of rotatable bonds is 5. The Labute approximate surface area is 171 Å². The fourth-order valence-electron chi connectivity index (χ4n) is 4.19. The maximum Gasteiger partial charge on any atom is 0.229 e. The topological polar surface area (TPSA) is 49.4 Å². The van der Waals surface area contributed by atoms with Crippen molar-refractivity contribution in [3.63, 3.8) is 0 Å². The zero-order chi connectivity index (χ0) is 20.4. The summed E-state index contributed by atoms with van der Waals surface area (Å²) in [6.07, 6.45) is 1.95. The van der Waals surface area contributed by atoms with Crippen molar-refractivity contribution >= 4 is 34.0 Å². The van der Waals surface area contributed by atoms with Gasteiger partial charge >= 0.3 is 0 Å². The predicted octanol–water partition coefficient (Wildman–Crippen LogP) is 4.96. The van der Waals surface area contributed by atoms with Crippen molar-refractivity contribution in [1.82, 2.24) is 0 Å². The van der Waals surface area contributed by atoms with E-state index in [1.165, 1.54) is 0 Å². The van der Waals surface area contributed by atoms with Crippen LogP contribution in [-0.4, -0.2) is 18.4 Å². The number of aryl methyl sites for hydroxylation is 2. The van der Waals surface area contributed by atoms with Gasteiger partial charge in [-0.2, -0.15) is 0 Å². The Kier molecular flexibility index (Phi) is 5.34. The molecule has 4 nitrogen and oxygen atoms in total. The van der Waals surface area contributed by atoms with Crippen molar-refractivity contribution in [2.24, 2.45) is 5.92 Å². The lowest BCUT2D eigenvalue weighted by Gasteiger charge is -2.20. The molecule has 1 heterocycles. The number of carbonyl (C=O) groups is 2. The van der Waals surface area contributed by atoms with Crippen LogP contribution < -0.4 is 10.2 Å². The molecule has 1 N–H and O–H groups in total. The first kappa shape index (κ1) is 19.2. The number of amides is 2. The minimum atomic E-state index is -0.351. The predicted molar refractivity (Wildman–Crippen MR) is 118 cm³/mol. The summed E-state index contributed by atoms with van der Waals surface area (Å²) in [4.78, 5) is 27.6. The Morgan fingerprint density at radius 1 is 0.966 bits per heavy atom. The molecule has 1 saturated heterocycles. The van der Waals surface area contributed by atoms with Crippen molar-refractivity contribution in [2.75, 3.05) is 16.8 Å². The third kappa shape index (κ3) is 3.63. The molecule has 3 aromatic carbocycles. The fourth-order valence-corrected chi connectivity index (χ4v) is 4.19. The Bertz CT molecular complexity index is 1050. The van der Waals surface area contributed by atoms with Gasteiger partial charge in [0, 0.05) is 24.0 Å². The smallest absolute Gasteiger partial charge is 0.229 e. The Balaban J connectivity index is 1.58. The molecule has 0 aromatic heterocycles. The number of benzene rings is 3. The van der Waals surface area contributed by atoms with Gasteiger partial charge in [0.25, 0.3) is 0 Å². The highest BCUT2D eigenvalue weighted by molar-refractivity contribution is 6.08. The number of fused-ring (bicyclic) bond motifs is 1. The van der Waals surface area contributed by atoms with Crippen molar-refractivity contribution < 1.29 is 9.59 Å². The molecular weight excluding hydrogens is 360 g/mol. The van der Waals surface area contributed by atoms with Crippen molar-refractivity contribution in [3.05, 3.63) is 71.8 Å². The molecule has 2 amide bonds. The van der Waals surface area contributed by atoms with Gasteiger partial charge in [-0.3, -0.25) is 9.59 Å². The van der Waals surface area contributed by atoms with E-state index in [-0.39, 0.29) is 24.2 Å². The van der Waals surface area contributed by atoms with Gasteiger partial charge in [-0.25, -0.2) is 0 Å². The van der Waals surface area contributed by atoms with Gasteiger partial charge in [-0.15, -0.1) is 0 Å². The summed E-state index contributed by atoms with van der Waals surface area (Å²) >= 11 is 0. The van der Waals surface area contributed by atoms with Gasteiger partial charge in [-0.05, 0) is 35.4 Å². The Hall–Kier alpha value is -3.14. The van der Waals surface area contributed by atoms with Gasteiger partial charge in [0.05, 0.1) is 11.6 Å². The van der Waals surface area contributed by atoms with Crippen LogP contribution in [0.3, 0.4) is 0 Å². The summed E-state index contributed by atoms with van der Waals surface area (Å²) < 4.78 is 0. The molecule has 0 saturated carbocycles. The molecule has 0 aliphatic carbocycles. The van der Waals surface area contributed by atoms with Crippen LogP contribution in [0.25, 0.3) is 10.8 Å². The number of anilines is 2. The van der Waals surface area contributed by atoms with E-state index in [0.29, 0.717) is 6.54 Å². The fraction of sp³-hybridized carbons (Fsp3) is 0.280. The standard InChI is InChI=1S/C25H26N2O2/c1-3-17-10-7-11-18(4-2)24(17)26-25(29)20-15-23(28)27(16-20)22-14-8-12-19-9-5-6-13-21(19)22/h5-14,20H,3-4,15-16H2,1-2H3,(H,26,29). The van der Waals surface area contributed by atoms with Gasteiger partial charge in [0.1, 0.15) is 0 Å². The molecule has 29 heavy (non-hydrogen) atoms. The first-order chi connectivity index (χ1) is 14.1. The van der Waals surface area contributed by atoms with Crippen LogP contribution in [0.2, 0.25) is 0 Å². The second-order valence-electron chi connectivity index (χ2n) is 7.55. The molecule has 1 aliphatic heterocycles. The molecule has 148 valence electrons. The highest BCUT2D eigenvalue weighted by Gasteiger charge is 2.36. The number of hydrogen-bond donors (Lipinski definition) is 1. The molecule has 0 spiro atoms. The monoisotopic (exact) mass is 386 g/mol. The van der Waals surface area contributed by atoms with E-state index < -0.39 is 0 Å². The largest absolute Gasteiger partial charge is 0.325 e. The summed E-state index contributed by atoms with van der Waals surface area (Å²) in [6, 6.07) is 20.1. The zero-order valence-electron chi connectivity index (χ0n) is 16.9. The van der Waals surface area contributed by atoms with Gasteiger partial charge in [-0.1, -0.05) is 68.4 Å². The molecule has 1 unspecified atom stereocenters. The maximum absolute atomic E-state index is 13.0. The van der Waals surface area contributed by atoms with Crippen LogP contribution >= 0.6 is 0 Å². The van der Waals surface area contributed by atoms with Gasteiger partial charge in [0.15, 0.2) is 0 Å². The van der Waals surface area contributed by atoms with Crippen LogP contribution in [0.4, 0.5) is 11.4 Å². The lowest BCUT2D eigenvalue weighted by molar-refractivity contribution is -0.122. The van der Waals surface area contributed by atoms with Crippen molar-refractivity contribution in [3.8, 4) is 0 Å². The summed E-state index contributed by atoms with van der Waals surface area (Å²) in [5.74, 6) is -0.422. The number of nitrogens with one attached hydrogen (secondary N) is 1. The molecule has 1 fully saturated rings. The average Bonchev–Trinajstić information content (AvgIpc) is 3.15. The molecule has 1 aliphatic rings. The highest BCUT2D eigenvalue weighted by atomic mass is 16.2. The van der Waals surface area contributed by atoms with Crippen LogP contribution in [-0.2, 0) is 22.4 Å². The second-order valence-corrected chi connectivity index (χ2v) is 7.55. The normalized spacial score (nSPS) is 16.4. The van der Waals surface area contributed by atoms with Crippen molar-refractivity contribution in [2.45, 2.75) is 33.1 Å². The van der Waals surface area contributed by atoms with E-state index in [1.54, 1.807) is 4.90 Å². The van der Waals surface area contributed by atoms with Crippen LogP contribution in [0, 0.1) is 5.92 Å². The quantitative estimate of drug-likeness (QED) is 0.674. The summed E-state index contributed by atoms with van der Waals surface area (Å²) in [7, 11) is 0. The SMILES string of the molecule is CCc1cccc(CC)c1NC(=O)C1CC(=O)N(c2cccc3ccccc23)C1. The van der Waals surface area contributed by atoms with E-state index in [2.05, 4.69) is 31.3 Å². The molecule has 0 radical (unpaired) electrons. The first-order valence-corrected chi connectivity index (χ1v) is 10.3. The molecule has 0 bridgehead atoms. The first-order valence-electron chi connectivity index (χ1n) is 10.3. The number of hydrogen-bond acceptors (Lipinski definition) is 2. The third-order valence-electron chi connectivity index (χ3n) is 5.80. The number of nitrogens with zero attached hydrogens (tertiary/aromatic N) is 1. The average molecular weight is 386 g/mol. The van der Waals surface area contributed by atoms with E-state index in [1.807, 2.05) is 48.5 Å². The maximum atomic E-state index is 13.0. The van der Waals surface area contributed by atoms with E-state index in [9.17, 15) is 9.59 Å². The van der Waals surface area contributed by atoms with Crippen LogP contribution in [0.15, 0.2) is 60.7 Å². The van der Waals surface area contributed by atoms with E-state index in [0.717, 1.165) is 46.1 Å². The van der Waals surface area contributed by atoms with Gasteiger partial charge < -0.3 is 10.2 Å². The number of para-hydroxylation sites is 1. The summed E-state index contributed by atoms with van der Waals surface area (Å²) in [5, 5.41) is 5.26. The molecular formula is C25H26N2O2. The lowest BCUT2D eigenvalue weighted by Crippen LogP contribution is -2.28. The Morgan fingerprint density at radius 2 is 1.62 bits per heavy atom. The molecule has 4 rings (SSSR count). The second kappa shape index (κ2) is 8.08. The molecule has 4 heteroatoms. The lowest BCUT2D eigenvalue weighted by atomic mass is 10.0. The minimum absolute atomic E-state index is 0.000921. The summed E-state index contributed by atoms with van der Waals surface area (Å²) in [6.45, 7) is 4.59. The Morgan fingerprint density at radius 3 is 2.34 bits per heavy atom. The third-order valence-corrected chi connectivity index (χ3v) is 5.80.